The Morgan fingerprint density at radius 3 is 1.13 bits per heavy atom. The fourth-order valence-electron chi connectivity index (χ4n) is 0.479. The molecule has 0 fully saturated rings. The zero-order chi connectivity index (χ0) is 10.4. The van der Waals surface area contributed by atoms with E-state index >= 15 is 0 Å². The second-order valence-corrected chi connectivity index (χ2v) is 2.12. The molecule has 0 bridgehead atoms. The molecule has 0 rings (SSSR count). The molecule has 0 saturated carbocycles. The van der Waals surface area contributed by atoms with E-state index in [4.69, 9.17) is 0 Å². The van der Waals surface area contributed by atoms with Crippen LogP contribution in [0.15, 0.2) is 0 Å². The van der Waals surface area contributed by atoms with Gasteiger partial charge in [-0.2, -0.15) is 0 Å². The van der Waals surface area contributed by atoms with E-state index in [1.807, 2.05) is 0 Å². The molecule has 0 unspecified atom stereocenters. The van der Waals surface area contributed by atoms with Crippen LogP contribution in [0.4, 0.5) is 0 Å². The van der Waals surface area contributed by atoms with Crippen LogP contribution in [0.5, 0.6) is 0 Å². The molecular weight excluding hydrogens is 218 g/mol. The van der Waals surface area contributed by atoms with Gasteiger partial charge in [-0.1, -0.05) is 0 Å². The first-order chi connectivity index (χ1) is 5.91. The summed E-state index contributed by atoms with van der Waals surface area (Å²) in [5.41, 5.74) is 0. The molecular formula is C6H11BNaO7. The summed E-state index contributed by atoms with van der Waals surface area (Å²) >= 11 is 0. The Kier molecular flexibility index (Phi) is 13.2. The number of carbonyl (C=O) groups is 3. The van der Waals surface area contributed by atoms with Gasteiger partial charge in [-0.3, -0.25) is 14.4 Å². The summed E-state index contributed by atoms with van der Waals surface area (Å²) in [6.07, 6.45) is 0. The Hall–Kier alpha value is -0.565. The van der Waals surface area contributed by atoms with Crippen molar-refractivity contribution in [3.8, 4) is 0 Å². The van der Waals surface area contributed by atoms with Crippen LogP contribution in [0, 0.1) is 0 Å². The van der Waals surface area contributed by atoms with Gasteiger partial charge in [-0.25, -0.2) is 0 Å². The van der Waals surface area contributed by atoms with E-state index in [0.717, 1.165) is 20.8 Å². The first-order valence-corrected chi connectivity index (χ1v) is 3.43. The van der Waals surface area contributed by atoms with Gasteiger partial charge < -0.3 is 19.4 Å². The Morgan fingerprint density at radius 2 is 1.00 bits per heavy atom. The quantitative estimate of drug-likeness (QED) is 0.542. The molecule has 81 valence electrons. The summed E-state index contributed by atoms with van der Waals surface area (Å²) in [5, 5.41) is 0. The molecule has 0 heterocycles. The maximum absolute atomic E-state index is 10.4. The van der Waals surface area contributed by atoms with Gasteiger partial charge >= 0.3 is 7.32 Å². The largest absolute Gasteiger partial charge is 0.870 e. The molecule has 9 heteroatoms. The Labute approximate surface area is 109 Å². The second-order valence-electron chi connectivity index (χ2n) is 2.12. The maximum Gasteiger partial charge on any atom is 0.870 e. The van der Waals surface area contributed by atoms with E-state index in [0.29, 0.717) is 0 Å². The van der Waals surface area contributed by atoms with E-state index < -0.39 is 25.2 Å². The van der Waals surface area contributed by atoms with Gasteiger partial charge in [0, 0.05) is 50.3 Å². The molecule has 0 saturated heterocycles. The van der Waals surface area contributed by atoms with Gasteiger partial charge in [0.05, 0.1) is 0 Å². The van der Waals surface area contributed by atoms with Gasteiger partial charge in [0.15, 0.2) is 0 Å². The Morgan fingerprint density at radius 1 is 0.800 bits per heavy atom. The molecule has 0 aliphatic heterocycles. The van der Waals surface area contributed by atoms with Crippen molar-refractivity contribution >= 4 is 54.8 Å². The molecule has 0 spiro atoms. The van der Waals surface area contributed by atoms with Crippen LogP contribution >= 0.6 is 0 Å². The number of rotatable bonds is 3. The SMILES string of the molecule is CC(=O)OB(OC(C)=O)OC(C)=O.O.[Na]. The third kappa shape index (κ3) is 13.4. The minimum absolute atomic E-state index is 0. The van der Waals surface area contributed by atoms with Crippen molar-refractivity contribution in [2.24, 2.45) is 0 Å². The Balaban J connectivity index is -0.000000720. The van der Waals surface area contributed by atoms with Crippen LogP contribution in [0.3, 0.4) is 0 Å². The van der Waals surface area contributed by atoms with Crippen molar-refractivity contribution < 1.29 is 33.8 Å². The molecule has 2 N–H and O–H groups in total. The van der Waals surface area contributed by atoms with Crippen molar-refractivity contribution in [2.75, 3.05) is 0 Å². The molecule has 0 aliphatic rings. The molecule has 0 aromatic carbocycles. The average Bonchev–Trinajstić information content (AvgIpc) is 1.80. The van der Waals surface area contributed by atoms with Gasteiger partial charge in [0.2, 0.25) is 0 Å². The van der Waals surface area contributed by atoms with Crippen molar-refractivity contribution in [3.05, 3.63) is 0 Å². The van der Waals surface area contributed by atoms with E-state index in [1.54, 1.807) is 0 Å². The van der Waals surface area contributed by atoms with Crippen LogP contribution in [0.25, 0.3) is 0 Å². The fraction of sp³-hybridized carbons (Fsp3) is 0.500. The van der Waals surface area contributed by atoms with Gasteiger partial charge in [0.25, 0.3) is 17.9 Å². The molecule has 15 heavy (non-hydrogen) atoms. The van der Waals surface area contributed by atoms with E-state index in [2.05, 4.69) is 14.0 Å². The summed E-state index contributed by atoms with van der Waals surface area (Å²) in [6, 6.07) is 0. The van der Waals surface area contributed by atoms with Crippen LogP contribution in [-0.2, 0) is 28.3 Å². The monoisotopic (exact) mass is 229 g/mol. The number of hydrogen-bond acceptors (Lipinski definition) is 6. The normalized spacial score (nSPS) is 7.40. The van der Waals surface area contributed by atoms with Crippen molar-refractivity contribution in [3.63, 3.8) is 0 Å². The van der Waals surface area contributed by atoms with Gasteiger partial charge in [0.1, 0.15) is 0 Å². The fourth-order valence-corrected chi connectivity index (χ4v) is 0.479. The molecule has 0 aliphatic carbocycles. The van der Waals surface area contributed by atoms with E-state index in [1.165, 1.54) is 0 Å². The topological polar surface area (TPSA) is 110 Å². The van der Waals surface area contributed by atoms with E-state index in [9.17, 15) is 14.4 Å². The predicted molar refractivity (Wildman–Crippen MR) is 50.4 cm³/mol. The number of hydrogen-bond donors (Lipinski definition) is 0. The molecule has 0 aromatic heterocycles. The second kappa shape index (κ2) is 9.97. The predicted octanol–water partition coefficient (Wildman–Crippen LogP) is -1.54. The molecule has 0 amide bonds. The van der Waals surface area contributed by atoms with Crippen molar-refractivity contribution in [2.45, 2.75) is 20.8 Å². The van der Waals surface area contributed by atoms with Crippen LogP contribution in [-0.4, -0.2) is 60.3 Å². The molecule has 0 aromatic rings. The average molecular weight is 229 g/mol. The van der Waals surface area contributed by atoms with E-state index in [-0.39, 0.29) is 35.0 Å². The zero-order valence-electron chi connectivity index (χ0n) is 9.03. The molecule has 7 nitrogen and oxygen atoms in total. The summed E-state index contributed by atoms with van der Waals surface area (Å²) in [5.74, 6) is -2.15. The zero-order valence-corrected chi connectivity index (χ0v) is 11.0. The minimum Gasteiger partial charge on any atom is -0.462 e. The summed E-state index contributed by atoms with van der Waals surface area (Å²) in [4.78, 5) is 31.2. The Bertz CT molecular complexity index is 193. The summed E-state index contributed by atoms with van der Waals surface area (Å²) in [6.45, 7) is 3.29. The molecule has 0 atom stereocenters. The van der Waals surface area contributed by atoms with Crippen LogP contribution in [0.2, 0.25) is 0 Å². The third-order valence-electron chi connectivity index (χ3n) is 0.787. The van der Waals surface area contributed by atoms with Crippen molar-refractivity contribution in [1.82, 2.24) is 0 Å². The number of carbonyl (C=O) groups excluding carboxylic acids is 3. The summed E-state index contributed by atoms with van der Waals surface area (Å²) in [7, 11) is -1.59. The van der Waals surface area contributed by atoms with Crippen LogP contribution < -0.4 is 0 Å². The smallest absolute Gasteiger partial charge is 0.462 e. The van der Waals surface area contributed by atoms with Gasteiger partial charge in [-0.05, 0) is 0 Å². The standard InChI is InChI=1S/C6H9BO6.Na.H2O/c1-4(8)11-7(12-5(2)9)13-6(3)10;;/h1-3H3;;1H2. The third-order valence-corrected chi connectivity index (χ3v) is 0.787. The molecule has 1 radical (unpaired) electrons. The first kappa shape index (κ1) is 19.9. The van der Waals surface area contributed by atoms with Gasteiger partial charge in [-0.15, -0.1) is 0 Å². The minimum atomic E-state index is -1.59. The summed E-state index contributed by atoms with van der Waals surface area (Å²) < 4.78 is 13.0. The maximum atomic E-state index is 10.4. The van der Waals surface area contributed by atoms with Crippen molar-refractivity contribution in [1.29, 1.82) is 0 Å². The van der Waals surface area contributed by atoms with Crippen LogP contribution in [0.1, 0.15) is 20.8 Å². The first-order valence-electron chi connectivity index (χ1n) is 3.43.